The highest BCUT2D eigenvalue weighted by Gasteiger charge is 2.30. The van der Waals surface area contributed by atoms with E-state index in [1.165, 1.54) is 17.7 Å². The molecule has 102 valence electrons. The van der Waals surface area contributed by atoms with Crippen molar-refractivity contribution in [1.29, 1.82) is 0 Å². The van der Waals surface area contributed by atoms with Crippen LogP contribution in [0, 0.1) is 0 Å². The lowest BCUT2D eigenvalue weighted by Gasteiger charge is -2.43. The molecule has 1 fully saturated rings. The Morgan fingerprint density at radius 2 is 2.22 bits per heavy atom. The fraction of sp³-hybridized carbons (Fsp3) is 0.714. The summed E-state index contributed by atoms with van der Waals surface area (Å²) in [4.78, 5) is 4.03. The zero-order chi connectivity index (χ0) is 13.1. The average Bonchev–Trinajstić information content (AvgIpc) is 2.83. The summed E-state index contributed by atoms with van der Waals surface area (Å²) < 4.78 is 0.895. The Hall–Kier alpha value is -0.0900. The number of nitrogens with zero attached hydrogens (tertiary/aromatic N) is 1. The van der Waals surface area contributed by atoms with Crippen molar-refractivity contribution in [3.63, 3.8) is 0 Å². The first-order valence-electron chi connectivity index (χ1n) is 6.90. The molecule has 0 bridgehead atoms. The van der Waals surface area contributed by atoms with E-state index in [1.807, 2.05) is 6.07 Å². The third-order valence-corrected chi connectivity index (χ3v) is 5.41. The molecule has 2 rings (SSSR count). The maximum atomic E-state index is 6.06. The second kappa shape index (κ2) is 6.38. The Morgan fingerprint density at radius 1 is 1.44 bits per heavy atom. The van der Waals surface area contributed by atoms with E-state index in [4.69, 9.17) is 11.6 Å². The van der Waals surface area contributed by atoms with Crippen LogP contribution in [-0.4, -0.2) is 30.1 Å². The summed E-state index contributed by atoms with van der Waals surface area (Å²) in [6.45, 7) is 9.10. The molecule has 1 aliphatic rings. The second-order valence-electron chi connectivity index (χ2n) is 5.09. The Balaban J connectivity index is 2.12. The van der Waals surface area contributed by atoms with Gasteiger partial charge in [-0.25, -0.2) is 0 Å². The summed E-state index contributed by atoms with van der Waals surface area (Å²) in [5.41, 5.74) is 0. The van der Waals surface area contributed by atoms with Gasteiger partial charge in [0.25, 0.3) is 0 Å². The van der Waals surface area contributed by atoms with E-state index in [-0.39, 0.29) is 0 Å². The van der Waals surface area contributed by atoms with Crippen LogP contribution in [0.4, 0.5) is 0 Å². The summed E-state index contributed by atoms with van der Waals surface area (Å²) in [5.74, 6) is 0. The molecule has 3 unspecified atom stereocenters. The summed E-state index contributed by atoms with van der Waals surface area (Å²) in [7, 11) is 0. The first-order valence-corrected chi connectivity index (χ1v) is 8.09. The molecular weight excluding hydrogens is 264 g/mol. The van der Waals surface area contributed by atoms with Gasteiger partial charge < -0.3 is 5.32 Å². The van der Waals surface area contributed by atoms with Gasteiger partial charge in [0.05, 0.1) is 4.34 Å². The SMILES string of the molecule is CCC1CN(C(C)c2ccc(Cl)s2)C(CC)CN1. The summed E-state index contributed by atoms with van der Waals surface area (Å²) >= 11 is 7.77. The molecule has 2 nitrogen and oxygen atoms in total. The highest BCUT2D eigenvalue weighted by Crippen LogP contribution is 2.32. The third kappa shape index (κ3) is 3.08. The lowest BCUT2D eigenvalue weighted by Crippen LogP contribution is -2.56. The third-order valence-electron chi connectivity index (χ3n) is 4.01. The van der Waals surface area contributed by atoms with Gasteiger partial charge in [0.1, 0.15) is 0 Å². The molecule has 1 saturated heterocycles. The normalized spacial score (nSPS) is 27.3. The van der Waals surface area contributed by atoms with Crippen molar-refractivity contribution >= 4 is 22.9 Å². The highest BCUT2D eigenvalue weighted by molar-refractivity contribution is 7.16. The number of hydrogen-bond acceptors (Lipinski definition) is 3. The van der Waals surface area contributed by atoms with Gasteiger partial charge in [0, 0.05) is 36.1 Å². The molecule has 1 aliphatic heterocycles. The summed E-state index contributed by atoms with van der Waals surface area (Å²) in [6.07, 6.45) is 2.40. The minimum absolute atomic E-state index is 0.476. The van der Waals surface area contributed by atoms with Gasteiger partial charge >= 0.3 is 0 Å². The minimum Gasteiger partial charge on any atom is -0.311 e. The number of nitrogens with one attached hydrogen (secondary N) is 1. The first kappa shape index (κ1) is 14.3. The van der Waals surface area contributed by atoms with Crippen molar-refractivity contribution in [1.82, 2.24) is 10.2 Å². The Kier molecular flexibility index (Phi) is 5.07. The van der Waals surface area contributed by atoms with Crippen molar-refractivity contribution in [2.75, 3.05) is 13.1 Å². The molecule has 0 spiro atoms. The van der Waals surface area contributed by atoms with Crippen LogP contribution in [0.15, 0.2) is 12.1 Å². The zero-order valence-electron chi connectivity index (χ0n) is 11.4. The molecule has 3 atom stereocenters. The van der Waals surface area contributed by atoms with Crippen molar-refractivity contribution in [2.45, 2.75) is 51.7 Å². The molecule has 2 heterocycles. The van der Waals surface area contributed by atoms with Gasteiger partial charge in [-0.1, -0.05) is 25.4 Å². The number of halogens is 1. The first-order chi connectivity index (χ1) is 8.65. The second-order valence-corrected chi connectivity index (χ2v) is 6.84. The number of rotatable bonds is 4. The Labute approximate surface area is 119 Å². The van der Waals surface area contributed by atoms with E-state index in [2.05, 4.69) is 37.1 Å². The molecule has 0 saturated carbocycles. The smallest absolute Gasteiger partial charge is 0.0931 e. The van der Waals surface area contributed by atoms with Crippen molar-refractivity contribution in [3.05, 3.63) is 21.3 Å². The quantitative estimate of drug-likeness (QED) is 0.902. The van der Waals surface area contributed by atoms with E-state index in [1.54, 1.807) is 11.3 Å². The van der Waals surface area contributed by atoms with Crippen LogP contribution in [0.2, 0.25) is 4.34 Å². The van der Waals surface area contributed by atoms with Gasteiger partial charge in [-0.05, 0) is 31.9 Å². The van der Waals surface area contributed by atoms with Gasteiger partial charge in [-0.15, -0.1) is 11.3 Å². The molecule has 1 aromatic rings. The van der Waals surface area contributed by atoms with Crippen LogP contribution in [0.25, 0.3) is 0 Å². The Bertz CT molecular complexity index is 380. The molecule has 1 N–H and O–H groups in total. The van der Waals surface area contributed by atoms with E-state index in [0.717, 1.165) is 17.4 Å². The molecule has 0 aliphatic carbocycles. The van der Waals surface area contributed by atoms with E-state index in [0.29, 0.717) is 18.1 Å². The van der Waals surface area contributed by atoms with Gasteiger partial charge in [0.15, 0.2) is 0 Å². The molecule has 18 heavy (non-hydrogen) atoms. The van der Waals surface area contributed by atoms with Gasteiger partial charge in [-0.2, -0.15) is 0 Å². The van der Waals surface area contributed by atoms with Crippen molar-refractivity contribution < 1.29 is 0 Å². The molecular formula is C14H23ClN2S. The molecule has 0 radical (unpaired) electrons. The number of hydrogen-bond donors (Lipinski definition) is 1. The van der Waals surface area contributed by atoms with E-state index >= 15 is 0 Å². The van der Waals surface area contributed by atoms with Crippen LogP contribution >= 0.6 is 22.9 Å². The van der Waals surface area contributed by atoms with E-state index in [9.17, 15) is 0 Å². The van der Waals surface area contributed by atoms with Crippen molar-refractivity contribution in [3.8, 4) is 0 Å². The highest BCUT2D eigenvalue weighted by atomic mass is 35.5. The molecule has 1 aromatic heterocycles. The van der Waals surface area contributed by atoms with Crippen molar-refractivity contribution in [2.24, 2.45) is 0 Å². The van der Waals surface area contributed by atoms with Gasteiger partial charge in [-0.3, -0.25) is 4.90 Å². The van der Waals surface area contributed by atoms with Crippen LogP contribution in [0.5, 0.6) is 0 Å². The minimum atomic E-state index is 0.476. The topological polar surface area (TPSA) is 15.3 Å². The van der Waals surface area contributed by atoms with Crippen LogP contribution in [-0.2, 0) is 0 Å². The maximum Gasteiger partial charge on any atom is 0.0931 e. The van der Waals surface area contributed by atoms with E-state index < -0.39 is 0 Å². The van der Waals surface area contributed by atoms with Crippen LogP contribution in [0.3, 0.4) is 0 Å². The largest absolute Gasteiger partial charge is 0.311 e. The molecule has 4 heteroatoms. The predicted octanol–water partition coefficient (Wildman–Crippen LogP) is 3.92. The molecule has 0 amide bonds. The average molecular weight is 287 g/mol. The standard InChI is InChI=1S/C14H23ClN2S/c1-4-11-9-17(12(5-2)8-16-11)10(3)13-6-7-14(15)18-13/h6-7,10-12,16H,4-5,8-9H2,1-3H3. The molecule has 0 aromatic carbocycles. The van der Waals surface area contributed by atoms with Crippen LogP contribution in [0.1, 0.15) is 44.5 Å². The summed E-state index contributed by atoms with van der Waals surface area (Å²) in [5, 5.41) is 3.65. The lowest BCUT2D eigenvalue weighted by atomic mass is 10.0. The number of thiophene rings is 1. The monoisotopic (exact) mass is 286 g/mol. The zero-order valence-corrected chi connectivity index (χ0v) is 13.0. The fourth-order valence-electron chi connectivity index (χ4n) is 2.73. The van der Waals surface area contributed by atoms with Crippen LogP contribution < -0.4 is 5.32 Å². The summed E-state index contributed by atoms with van der Waals surface area (Å²) in [6, 6.07) is 5.93. The predicted molar refractivity (Wildman–Crippen MR) is 80.6 cm³/mol. The van der Waals surface area contributed by atoms with Gasteiger partial charge in [0.2, 0.25) is 0 Å². The maximum absolute atomic E-state index is 6.06. The Morgan fingerprint density at radius 3 is 2.78 bits per heavy atom. The fourth-order valence-corrected chi connectivity index (χ4v) is 3.86. The number of piperazine rings is 1. The lowest BCUT2D eigenvalue weighted by molar-refractivity contribution is 0.0865.